The molecule has 4 rings (SSSR count). The monoisotopic (exact) mass is 383 g/mol. The first kappa shape index (κ1) is 17.5. The van der Waals surface area contributed by atoms with Gasteiger partial charge in [0.15, 0.2) is 10.9 Å². The minimum atomic E-state index is -0.360. The van der Waals surface area contributed by atoms with Crippen molar-refractivity contribution < 1.29 is 18.8 Å². The zero-order valence-corrected chi connectivity index (χ0v) is 15.4. The molecule has 0 bridgehead atoms. The van der Waals surface area contributed by atoms with Crippen LogP contribution in [0.4, 0.5) is 0 Å². The van der Waals surface area contributed by atoms with Crippen molar-refractivity contribution in [2.45, 2.75) is 31.2 Å². The molecule has 138 valence electrons. The second-order valence-electron chi connectivity index (χ2n) is 6.12. The molecular weight excluding hydrogens is 366 g/mol. The van der Waals surface area contributed by atoms with E-state index in [1.54, 1.807) is 24.5 Å². The lowest BCUT2D eigenvalue weighted by atomic mass is 10.1. The summed E-state index contributed by atoms with van der Waals surface area (Å²) in [6, 6.07) is 9.43. The van der Waals surface area contributed by atoms with E-state index in [2.05, 4.69) is 15.1 Å². The molecule has 0 saturated carbocycles. The van der Waals surface area contributed by atoms with Gasteiger partial charge in [0.25, 0.3) is 0 Å². The Labute approximate surface area is 160 Å². The molecule has 2 aromatic heterocycles. The van der Waals surface area contributed by atoms with E-state index in [9.17, 15) is 4.79 Å². The van der Waals surface area contributed by atoms with E-state index in [0.717, 1.165) is 23.3 Å². The third kappa shape index (κ3) is 4.28. The minimum absolute atomic E-state index is 0.0592. The molecule has 0 N–H and O–H groups in total. The van der Waals surface area contributed by atoms with Crippen LogP contribution in [-0.4, -0.2) is 33.0 Å². The van der Waals surface area contributed by atoms with Gasteiger partial charge in [-0.1, -0.05) is 16.9 Å². The van der Waals surface area contributed by atoms with Crippen molar-refractivity contribution in [3.8, 4) is 17.1 Å². The molecule has 0 aliphatic carbocycles. The van der Waals surface area contributed by atoms with Crippen LogP contribution in [0.15, 0.2) is 52.4 Å². The van der Waals surface area contributed by atoms with Gasteiger partial charge < -0.3 is 14.0 Å². The van der Waals surface area contributed by atoms with E-state index in [1.165, 1.54) is 11.8 Å². The standard InChI is InChI=1S/C19H17N3O4S/c1-12-7-14-8-13(3-4-16(14)25-12)17-9-15(22-26-17)10-24-18(23)11-27-19-20-5-2-6-21-19/h2-6,8-9,12H,7,10-11H2,1H3/t12-/m0/s1. The van der Waals surface area contributed by atoms with Crippen molar-refractivity contribution in [3.63, 3.8) is 0 Å². The number of nitrogens with zero attached hydrogens (tertiary/aromatic N) is 3. The summed E-state index contributed by atoms with van der Waals surface area (Å²) in [5.41, 5.74) is 2.64. The predicted octanol–water partition coefficient (Wildman–Crippen LogP) is 3.29. The molecule has 1 aliphatic heterocycles. The lowest BCUT2D eigenvalue weighted by molar-refractivity contribution is -0.141. The summed E-state index contributed by atoms with van der Waals surface area (Å²) < 4.78 is 16.3. The van der Waals surface area contributed by atoms with Gasteiger partial charge in [-0.25, -0.2) is 9.97 Å². The zero-order chi connectivity index (χ0) is 18.6. The van der Waals surface area contributed by atoms with E-state index in [1.807, 2.05) is 25.1 Å². The van der Waals surface area contributed by atoms with Crippen molar-refractivity contribution >= 4 is 17.7 Å². The lowest BCUT2D eigenvalue weighted by Gasteiger charge is -2.02. The Morgan fingerprint density at radius 1 is 1.30 bits per heavy atom. The van der Waals surface area contributed by atoms with Crippen LogP contribution < -0.4 is 4.74 Å². The number of esters is 1. The smallest absolute Gasteiger partial charge is 0.316 e. The molecule has 0 fully saturated rings. The Bertz CT molecular complexity index is 945. The molecular formula is C19H17N3O4S. The van der Waals surface area contributed by atoms with Gasteiger partial charge in [0.2, 0.25) is 0 Å². The highest BCUT2D eigenvalue weighted by molar-refractivity contribution is 7.99. The van der Waals surface area contributed by atoms with Crippen molar-refractivity contribution in [1.29, 1.82) is 0 Å². The zero-order valence-electron chi connectivity index (χ0n) is 14.6. The quantitative estimate of drug-likeness (QED) is 0.364. The highest BCUT2D eigenvalue weighted by Crippen LogP contribution is 2.33. The SMILES string of the molecule is C[C@H]1Cc2cc(-c3cc(COC(=O)CSc4ncccn4)no3)ccc2O1. The molecule has 0 spiro atoms. The maximum absolute atomic E-state index is 11.9. The number of ether oxygens (including phenoxy) is 2. The van der Waals surface area contributed by atoms with Gasteiger partial charge in [-0.05, 0) is 36.8 Å². The molecule has 1 aromatic carbocycles. The number of fused-ring (bicyclic) bond motifs is 1. The van der Waals surface area contributed by atoms with Crippen LogP contribution in [0.3, 0.4) is 0 Å². The number of benzene rings is 1. The van der Waals surface area contributed by atoms with E-state index in [4.69, 9.17) is 14.0 Å². The second kappa shape index (κ2) is 7.79. The number of carbonyl (C=O) groups excluding carboxylic acids is 1. The second-order valence-corrected chi connectivity index (χ2v) is 7.06. The Morgan fingerprint density at radius 3 is 3.00 bits per heavy atom. The summed E-state index contributed by atoms with van der Waals surface area (Å²) in [7, 11) is 0. The van der Waals surface area contributed by atoms with E-state index in [-0.39, 0.29) is 24.4 Å². The van der Waals surface area contributed by atoms with Crippen molar-refractivity contribution in [1.82, 2.24) is 15.1 Å². The molecule has 3 aromatic rings. The fourth-order valence-corrected chi connectivity index (χ4v) is 3.37. The number of carbonyl (C=O) groups is 1. The average molecular weight is 383 g/mol. The Morgan fingerprint density at radius 2 is 2.15 bits per heavy atom. The molecule has 3 heterocycles. The molecule has 0 saturated heterocycles. The summed E-state index contributed by atoms with van der Waals surface area (Å²) in [5, 5.41) is 4.51. The van der Waals surface area contributed by atoms with Crippen LogP contribution >= 0.6 is 11.8 Å². The topological polar surface area (TPSA) is 87.3 Å². The number of thioether (sulfide) groups is 1. The predicted molar refractivity (Wildman–Crippen MR) is 98.3 cm³/mol. The Kier molecular flexibility index (Phi) is 5.06. The first-order valence-electron chi connectivity index (χ1n) is 8.48. The van der Waals surface area contributed by atoms with Crippen molar-refractivity contribution in [2.24, 2.45) is 0 Å². The van der Waals surface area contributed by atoms with E-state index in [0.29, 0.717) is 16.6 Å². The van der Waals surface area contributed by atoms with Gasteiger partial charge >= 0.3 is 5.97 Å². The summed E-state index contributed by atoms with van der Waals surface area (Å²) in [5.74, 6) is 1.33. The molecule has 0 unspecified atom stereocenters. The van der Waals surface area contributed by atoms with E-state index < -0.39 is 0 Å². The van der Waals surface area contributed by atoms with Crippen LogP contribution in [0.2, 0.25) is 0 Å². The first-order chi connectivity index (χ1) is 13.2. The van der Waals surface area contributed by atoms with Gasteiger partial charge in [0.05, 0.1) is 5.75 Å². The summed E-state index contributed by atoms with van der Waals surface area (Å²) in [6.07, 6.45) is 4.33. The highest BCUT2D eigenvalue weighted by atomic mass is 32.2. The number of aromatic nitrogens is 3. The molecule has 0 amide bonds. The summed E-state index contributed by atoms with van der Waals surface area (Å²) >= 11 is 1.22. The largest absolute Gasteiger partial charge is 0.490 e. The average Bonchev–Trinajstić information content (AvgIpc) is 3.30. The maximum atomic E-state index is 11.9. The van der Waals surface area contributed by atoms with E-state index >= 15 is 0 Å². The first-order valence-corrected chi connectivity index (χ1v) is 9.47. The van der Waals surface area contributed by atoms with Crippen LogP contribution in [0.1, 0.15) is 18.2 Å². The molecule has 1 aliphatic rings. The minimum Gasteiger partial charge on any atom is -0.490 e. The summed E-state index contributed by atoms with van der Waals surface area (Å²) in [6.45, 7) is 2.10. The maximum Gasteiger partial charge on any atom is 0.316 e. The van der Waals surface area contributed by atoms with Crippen LogP contribution in [0.5, 0.6) is 5.75 Å². The highest BCUT2D eigenvalue weighted by Gasteiger charge is 2.20. The van der Waals surface area contributed by atoms with Crippen molar-refractivity contribution in [3.05, 3.63) is 54.0 Å². The van der Waals surface area contributed by atoms with Crippen LogP contribution in [0, 0.1) is 0 Å². The van der Waals surface area contributed by atoms with Crippen LogP contribution in [0.25, 0.3) is 11.3 Å². The molecule has 7 nitrogen and oxygen atoms in total. The van der Waals surface area contributed by atoms with Gasteiger partial charge in [-0.2, -0.15) is 0 Å². The third-order valence-electron chi connectivity index (χ3n) is 3.98. The summed E-state index contributed by atoms with van der Waals surface area (Å²) in [4.78, 5) is 19.9. The fourth-order valence-electron chi connectivity index (χ4n) is 2.77. The van der Waals surface area contributed by atoms with Gasteiger partial charge in [0.1, 0.15) is 24.2 Å². The number of hydrogen-bond acceptors (Lipinski definition) is 8. The van der Waals surface area contributed by atoms with Gasteiger partial charge in [0, 0.05) is 30.4 Å². The number of hydrogen-bond donors (Lipinski definition) is 0. The number of rotatable bonds is 6. The van der Waals surface area contributed by atoms with Crippen molar-refractivity contribution in [2.75, 3.05) is 5.75 Å². The lowest BCUT2D eigenvalue weighted by Crippen LogP contribution is -2.07. The van der Waals surface area contributed by atoms with Gasteiger partial charge in [-0.15, -0.1) is 0 Å². The van der Waals surface area contributed by atoms with Gasteiger partial charge in [-0.3, -0.25) is 4.79 Å². The third-order valence-corrected chi connectivity index (χ3v) is 4.83. The molecule has 0 radical (unpaired) electrons. The Balaban J connectivity index is 1.32. The molecule has 27 heavy (non-hydrogen) atoms. The fraction of sp³-hybridized carbons (Fsp3) is 0.263. The Hall–Kier alpha value is -2.87. The molecule has 1 atom stereocenters. The van der Waals surface area contributed by atoms with Crippen LogP contribution in [-0.2, 0) is 22.6 Å². The molecule has 8 heteroatoms. The normalized spacial score (nSPS) is 15.2.